The molecule has 1 N–H and O–H groups in total. The Labute approximate surface area is 152 Å². The van der Waals surface area contributed by atoms with Gasteiger partial charge >= 0.3 is 0 Å². The fourth-order valence-corrected chi connectivity index (χ4v) is 3.07. The first-order valence-electron chi connectivity index (χ1n) is 8.70. The molecule has 0 atom stereocenters. The number of fused-ring (bicyclic) bond motifs is 1. The van der Waals surface area contributed by atoms with E-state index in [9.17, 15) is 9.59 Å². The number of carbonyl (C=O) groups excluding carboxylic acids is 1. The minimum Gasteiger partial charge on any atom is -0.454 e. The Morgan fingerprint density at radius 1 is 1.27 bits per heavy atom. The van der Waals surface area contributed by atoms with E-state index in [0.29, 0.717) is 42.3 Å². The van der Waals surface area contributed by atoms with E-state index in [1.54, 1.807) is 18.7 Å². The summed E-state index contributed by atoms with van der Waals surface area (Å²) in [5.74, 6) is 2.02. The number of rotatable bonds is 6. The van der Waals surface area contributed by atoms with E-state index in [0.717, 1.165) is 11.3 Å². The van der Waals surface area contributed by atoms with Gasteiger partial charge in [-0.25, -0.2) is 4.98 Å². The van der Waals surface area contributed by atoms with E-state index in [1.165, 1.54) is 0 Å². The molecule has 0 fully saturated rings. The molecule has 1 amide bonds. The second-order valence-electron chi connectivity index (χ2n) is 6.31. The number of nitrogens with one attached hydrogen (secondary N) is 1. The lowest BCUT2D eigenvalue weighted by Gasteiger charge is -2.21. The van der Waals surface area contributed by atoms with Gasteiger partial charge in [-0.15, -0.1) is 0 Å². The van der Waals surface area contributed by atoms with Gasteiger partial charge in [0.15, 0.2) is 11.5 Å². The molecule has 0 saturated carbocycles. The summed E-state index contributed by atoms with van der Waals surface area (Å²) < 4.78 is 10.7. The van der Waals surface area contributed by atoms with E-state index in [-0.39, 0.29) is 24.7 Å². The molecule has 0 saturated heterocycles. The van der Waals surface area contributed by atoms with Crippen molar-refractivity contribution in [2.24, 2.45) is 0 Å². The first kappa shape index (κ1) is 18.0. The number of aromatic amines is 1. The van der Waals surface area contributed by atoms with Crippen LogP contribution in [0.2, 0.25) is 0 Å². The van der Waals surface area contributed by atoms with Crippen molar-refractivity contribution in [2.45, 2.75) is 40.2 Å². The van der Waals surface area contributed by atoms with Crippen LogP contribution in [0.3, 0.4) is 0 Å². The molecule has 1 aromatic carbocycles. The number of nitrogens with zero attached hydrogens (tertiary/aromatic N) is 2. The molecule has 0 spiro atoms. The molecule has 2 aromatic rings. The van der Waals surface area contributed by atoms with Crippen LogP contribution >= 0.6 is 0 Å². The minimum atomic E-state index is -0.165. The number of aromatic nitrogens is 2. The maximum absolute atomic E-state index is 12.6. The number of benzene rings is 1. The summed E-state index contributed by atoms with van der Waals surface area (Å²) in [7, 11) is 0. The first-order chi connectivity index (χ1) is 12.5. The van der Waals surface area contributed by atoms with Crippen LogP contribution in [-0.2, 0) is 17.8 Å². The fourth-order valence-electron chi connectivity index (χ4n) is 3.07. The quantitative estimate of drug-likeness (QED) is 0.856. The van der Waals surface area contributed by atoms with Crippen molar-refractivity contribution in [1.29, 1.82) is 0 Å². The molecule has 138 valence electrons. The summed E-state index contributed by atoms with van der Waals surface area (Å²) in [4.78, 5) is 33.4. The number of amides is 1. The normalized spacial score (nSPS) is 12.3. The van der Waals surface area contributed by atoms with E-state index < -0.39 is 0 Å². The molecule has 2 heterocycles. The van der Waals surface area contributed by atoms with Gasteiger partial charge in [0, 0.05) is 30.8 Å². The third kappa shape index (κ3) is 3.87. The smallest absolute Gasteiger partial charge is 0.254 e. The summed E-state index contributed by atoms with van der Waals surface area (Å²) >= 11 is 0. The zero-order chi connectivity index (χ0) is 18.7. The highest BCUT2D eigenvalue weighted by atomic mass is 16.7. The fraction of sp³-hybridized carbons (Fsp3) is 0.421. The van der Waals surface area contributed by atoms with Crippen LogP contribution in [0.15, 0.2) is 23.0 Å². The maximum Gasteiger partial charge on any atom is 0.254 e. The molecular weight excluding hydrogens is 334 g/mol. The van der Waals surface area contributed by atoms with Gasteiger partial charge in [-0.2, -0.15) is 0 Å². The number of hydrogen-bond acceptors (Lipinski definition) is 5. The van der Waals surface area contributed by atoms with Gasteiger partial charge in [0.2, 0.25) is 12.7 Å². The predicted octanol–water partition coefficient (Wildman–Crippen LogP) is 2.10. The molecule has 1 aliphatic rings. The molecule has 3 rings (SSSR count). The maximum atomic E-state index is 12.6. The average molecular weight is 357 g/mol. The molecule has 0 aliphatic carbocycles. The molecule has 1 aromatic heterocycles. The standard InChI is InChI=1S/C19H23N3O4/c1-4-22(10-14-5-7-16-17(9-14)26-11-25-16)18(23)8-6-15-12(2)20-13(3)21-19(15)24/h5,7,9H,4,6,8,10-11H2,1-3H3,(H,20,21,24). The average Bonchev–Trinajstić information content (AvgIpc) is 3.06. The third-order valence-electron chi connectivity index (χ3n) is 4.47. The lowest BCUT2D eigenvalue weighted by Crippen LogP contribution is -2.31. The van der Waals surface area contributed by atoms with Crippen molar-refractivity contribution in [2.75, 3.05) is 13.3 Å². The van der Waals surface area contributed by atoms with Gasteiger partial charge in [-0.3, -0.25) is 9.59 Å². The predicted molar refractivity (Wildman–Crippen MR) is 96.3 cm³/mol. The zero-order valence-corrected chi connectivity index (χ0v) is 15.3. The van der Waals surface area contributed by atoms with Crippen molar-refractivity contribution in [3.63, 3.8) is 0 Å². The summed E-state index contributed by atoms with van der Waals surface area (Å²) in [5, 5.41) is 0. The summed E-state index contributed by atoms with van der Waals surface area (Å²) in [6.45, 7) is 6.80. The lowest BCUT2D eigenvalue weighted by atomic mass is 10.1. The lowest BCUT2D eigenvalue weighted by molar-refractivity contribution is -0.131. The topological polar surface area (TPSA) is 84.5 Å². The van der Waals surface area contributed by atoms with E-state index in [1.807, 2.05) is 25.1 Å². The number of carbonyl (C=O) groups is 1. The SMILES string of the molecule is CCN(Cc1ccc2c(c1)OCO2)C(=O)CCc1c(C)nc(C)[nH]c1=O. The number of ether oxygens (including phenoxy) is 2. The number of aryl methyl sites for hydroxylation is 2. The van der Waals surface area contributed by atoms with Gasteiger partial charge in [-0.05, 0) is 44.9 Å². The second kappa shape index (κ2) is 7.59. The molecule has 1 aliphatic heterocycles. The van der Waals surface area contributed by atoms with Gasteiger partial charge in [0.25, 0.3) is 5.56 Å². The van der Waals surface area contributed by atoms with Gasteiger partial charge in [-0.1, -0.05) is 6.07 Å². The molecule has 0 unspecified atom stereocenters. The van der Waals surface area contributed by atoms with Crippen molar-refractivity contribution in [3.05, 3.63) is 51.2 Å². The number of hydrogen-bond donors (Lipinski definition) is 1. The summed E-state index contributed by atoms with van der Waals surface area (Å²) in [6.07, 6.45) is 0.651. The highest BCUT2D eigenvalue weighted by Crippen LogP contribution is 2.32. The van der Waals surface area contributed by atoms with Crippen LogP contribution in [0.25, 0.3) is 0 Å². The Kier molecular flexibility index (Phi) is 5.25. The molecule has 7 heteroatoms. The largest absolute Gasteiger partial charge is 0.454 e. The monoisotopic (exact) mass is 357 g/mol. The molecule has 0 bridgehead atoms. The van der Waals surface area contributed by atoms with Crippen LogP contribution < -0.4 is 15.0 Å². The van der Waals surface area contributed by atoms with Crippen molar-refractivity contribution >= 4 is 5.91 Å². The van der Waals surface area contributed by atoms with Crippen LogP contribution in [-0.4, -0.2) is 34.1 Å². The number of H-pyrrole nitrogens is 1. The van der Waals surface area contributed by atoms with Crippen molar-refractivity contribution < 1.29 is 14.3 Å². The molecular formula is C19H23N3O4. The summed E-state index contributed by atoms with van der Waals surface area (Å²) in [6, 6.07) is 5.69. The molecule has 0 radical (unpaired) electrons. The van der Waals surface area contributed by atoms with E-state index >= 15 is 0 Å². The molecule has 7 nitrogen and oxygen atoms in total. The summed E-state index contributed by atoms with van der Waals surface area (Å²) in [5.41, 5.74) is 2.07. The van der Waals surface area contributed by atoms with Crippen LogP contribution in [0.5, 0.6) is 11.5 Å². The van der Waals surface area contributed by atoms with Crippen LogP contribution in [0, 0.1) is 13.8 Å². The van der Waals surface area contributed by atoms with Gasteiger partial charge in [0.1, 0.15) is 5.82 Å². The van der Waals surface area contributed by atoms with Crippen molar-refractivity contribution in [1.82, 2.24) is 14.9 Å². The van der Waals surface area contributed by atoms with Gasteiger partial charge < -0.3 is 19.4 Å². The Morgan fingerprint density at radius 3 is 2.77 bits per heavy atom. The Balaban J connectivity index is 1.65. The minimum absolute atomic E-state index is 0.00421. The Hall–Kier alpha value is -2.83. The van der Waals surface area contributed by atoms with Crippen molar-refractivity contribution in [3.8, 4) is 11.5 Å². The Bertz CT molecular complexity index is 876. The zero-order valence-electron chi connectivity index (χ0n) is 15.3. The van der Waals surface area contributed by atoms with Gasteiger partial charge in [0.05, 0.1) is 0 Å². The Morgan fingerprint density at radius 2 is 2.04 bits per heavy atom. The highest BCUT2D eigenvalue weighted by Gasteiger charge is 2.17. The van der Waals surface area contributed by atoms with E-state index in [2.05, 4.69) is 9.97 Å². The van der Waals surface area contributed by atoms with Crippen LogP contribution in [0.1, 0.15) is 36.0 Å². The molecule has 26 heavy (non-hydrogen) atoms. The second-order valence-corrected chi connectivity index (χ2v) is 6.31. The first-order valence-corrected chi connectivity index (χ1v) is 8.70. The third-order valence-corrected chi connectivity index (χ3v) is 4.47. The van der Waals surface area contributed by atoms with Crippen LogP contribution in [0.4, 0.5) is 0 Å². The highest BCUT2D eigenvalue weighted by molar-refractivity contribution is 5.76. The van der Waals surface area contributed by atoms with E-state index in [4.69, 9.17) is 9.47 Å².